The van der Waals surface area contributed by atoms with Gasteiger partial charge >= 0.3 is 0 Å². The fraction of sp³-hybridized carbons (Fsp3) is 0.471. The zero-order valence-electron chi connectivity index (χ0n) is 13.2. The van der Waals surface area contributed by atoms with E-state index in [1.165, 1.54) is 12.1 Å². The van der Waals surface area contributed by atoms with Crippen LogP contribution in [0.3, 0.4) is 0 Å². The average molecular weight is 332 g/mol. The van der Waals surface area contributed by atoms with E-state index in [1.807, 2.05) is 0 Å². The summed E-state index contributed by atoms with van der Waals surface area (Å²) in [6.45, 7) is 0.0503. The molecule has 2 atom stereocenters. The van der Waals surface area contributed by atoms with Gasteiger partial charge in [-0.15, -0.1) is 0 Å². The first-order valence-electron chi connectivity index (χ1n) is 8.00. The third-order valence-corrected chi connectivity index (χ3v) is 4.84. The number of aryl methyl sites for hydroxylation is 1. The summed E-state index contributed by atoms with van der Waals surface area (Å²) in [6, 6.07) is 4.30. The maximum atomic E-state index is 12.3. The molecule has 2 fully saturated rings. The van der Waals surface area contributed by atoms with Crippen LogP contribution in [0.4, 0.5) is 0 Å². The minimum Gasteiger partial charge on any atom is -0.508 e. The number of ketones is 1. The second kappa shape index (κ2) is 6.24. The van der Waals surface area contributed by atoms with E-state index in [2.05, 4.69) is 5.32 Å². The number of phenolic OH excluding ortho intramolecular Hbond substituents is 1. The van der Waals surface area contributed by atoms with Crippen LogP contribution in [-0.4, -0.2) is 41.0 Å². The normalized spacial score (nSPS) is 25.5. The van der Waals surface area contributed by atoms with Gasteiger partial charge in [0.1, 0.15) is 17.9 Å². The van der Waals surface area contributed by atoms with Crippen LogP contribution in [0.2, 0.25) is 0 Å². The van der Waals surface area contributed by atoms with Crippen LogP contribution in [0.25, 0.3) is 0 Å². The van der Waals surface area contributed by atoms with Gasteiger partial charge in [-0.2, -0.15) is 0 Å². The van der Waals surface area contributed by atoms with Crippen LogP contribution < -0.4 is 11.1 Å². The Morgan fingerprint density at radius 2 is 2.21 bits per heavy atom. The Bertz CT molecular complexity index is 702. The van der Waals surface area contributed by atoms with E-state index < -0.39 is 11.4 Å². The molecule has 128 valence electrons. The Labute approximate surface area is 139 Å². The molecule has 1 aliphatic carbocycles. The van der Waals surface area contributed by atoms with Crippen molar-refractivity contribution in [3.05, 3.63) is 29.3 Å². The number of carbonyl (C=O) groups is 3. The number of benzene rings is 1. The number of fused-ring (bicyclic) bond motifs is 1. The lowest BCUT2D eigenvalue weighted by Gasteiger charge is -2.27. The second-order valence-electron chi connectivity index (χ2n) is 6.34. The molecule has 1 saturated carbocycles. The van der Waals surface area contributed by atoms with E-state index in [0.717, 1.165) is 12.8 Å². The molecule has 1 heterocycles. The van der Waals surface area contributed by atoms with Crippen molar-refractivity contribution in [2.75, 3.05) is 6.61 Å². The molecule has 4 N–H and O–H groups in total. The van der Waals surface area contributed by atoms with Crippen molar-refractivity contribution in [1.29, 1.82) is 0 Å². The minimum absolute atomic E-state index is 0.0503. The molecule has 0 spiro atoms. The van der Waals surface area contributed by atoms with Gasteiger partial charge in [0, 0.05) is 12.0 Å². The number of Topliss-reactive ketones (excluding diaryl/α,β-unsaturated/α-hetero) is 1. The second-order valence-corrected chi connectivity index (χ2v) is 6.34. The van der Waals surface area contributed by atoms with E-state index in [1.54, 1.807) is 6.07 Å². The van der Waals surface area contributed by atoms with Crippen molar-refractivity contribution >= 4 is 17.6 Å². The number of ether oxygens (including phenoxy) is 1. The molecule has 2 aliphatic rings. The lowest BCUT2D eigenvalue weighted by Crippen LogP contribution is -2.56. The van der Waals surface area contributed by atoms with E-state index in [-0.39, 0.29) is 42.1 Å². The first-order chi connectivity index (χ1) is 11.4. The van der Waals surface area contributed by atoms with Crippen molar-refractivity contribution < 1.29 is 24.2 Å². The number of hydrogen-bond acceptors (Lipinski definition) is 5. The van der Waals surface area contributed by atoms with Crippen LogP contribution in [-0.2, 0) is 20.7 Å². The number of hydrogen-bond donors (Lipinski definition) is 3. The van der Waals surface area contributed by atoms with Gasteiger partial charge in [0.05, 0.1) is 6.10 Å². The molecule has 7 heteroatoms. The highest BCUT2D eigenvalue weighted by atomic mass is 16.5. The number of nitrogens with two attached hydrogens (primary N) is 1. The number of primary amides is 1. The van der Waals surface area contributed by atoms with Crippen LogP contribution >= 0.6 is 0 Å². The highest BCUT2D eigenvalue weighted by Gasteiger charge is 2.54. The first-order valence-corrected chi connectivity index (χ1v) is 8.00. The fourth-order valence-electron chi connectivity index (χ4n) is 3.61. The molecule has 7 nitrogen and oxygen atoms in total. The van der Waals surface area contributed by atoms with Gasteiger partial charge in [-0.05, 0) is 43.4 Å². The van der Waals surface area contributed by atoms with Gasteiger partial charge in [-0.25, -0.2) is 0 Å². The molecule has 2 amide bonds. The summed E-state index contributed by atoms with van der Waals surface area (Å²) in [6.07, 6.45) is 2.40. The fourth-order valence-corrected chi connectivity index (χ4v) is 3.61. The summed E-state index contributed by atoms with van der Waals surface area (Å²) in [5, 5.41) is 12.3. The lowest BCUT2D eigenvalue weighted by molar-refractivity contribution is -0.129. The predicted molar refractivity (Wildman–Crippen MR) is 84.4 cm³/mol. The molecule has 1 aromatic carbocycles. The SMILES string of the molecule is NC(=O)c1cc(O)ccc1CCC(=O)NC12CCC[C@@H]1OCC2=O. The van der Waals surface area contributed by atoms with E-state index >= 15 is 0 Å². The van der Waals surface area contributed by atoms with E-state index in [9.17, 15) is 19.5 Å². The number of rotatable bonds is 5. The number of aromatic hydroxyl groups is 1. The van der Waals surface area contributed by atoms with Crippen LogP contribution in [0.1, 0.15) is 41.6 Å². The summed E-state index contributed by atoms with van der Waals surface area (Å²) < 4.78 is 5.47. The third kappa shape index (κ3) is 2.87. The maximum absolute atomic E-state index is 12.3. The molecule has 1 aliphatic heterocycles. The molecule has 3 rings (SSSR count). The lowest BCUT2D eigenvalue weighted by atomic mass is 9.91. The Hall–Kier alpha value is -2.41. The van der Waals surface area contributed by atoms with Crippen LogP contribution in [0, 0.1) is 0 Å². The quantitative estimate of drug-likeness (QED) is 0.722. The number of nitrogens with one attached hydrogen (secondary N) is 1. The summed E-state index contributed by atoms with van der Waals surface area (Å²) in [5.41, 5.74) is 5.20. The zero-order valence-corrected chi connectivity index (χ0v) is 13.2. The topological polar surface area (TPSA) is 119 Å². The summed E-state index contributed by atoms with van der Waals surface area (Å²) >= 11 is 0. The highest BCUT2D eigenvalue weighted by molar-refractivity contribution is 5.97. The number of amides is 2. The van der Waals surface area contributed by atoms with Crippen LogP contribution in [0.5, 0.6) is 5.75 Å². The van der Waals surface area contributed by atoms with Crippen LogP contribution in [0.15, 0.2) is 18.2 Å². The van der Waals surface area contributed by atoms with Crippen molar-refractivity contribution in [3.8, 4) is 5.75 Å². The monoisotopic (exact) mass is 332 g/mol. The summed E-state index contributed by atoms with van der Waals surface area (Å²) in [4.78, 5) is 35.9. The van der Waals surface area contributed by atoms with Gasteiger partial charge in [0.2, 0.25) is 11.8 Å². The summed E-state index contributed by atoms with van der Waals surface area (Å²) in [7, 11) is 0. The van der Waals surface area contributed by atoms with Gasteiger partial charge in [-0.1, -0.05) is 6.07 Å². The molecule has 0 bridgehead atoms. The van der Waals surface area contributed by atoms with Gasteiger partial charge in [0.25, 0.3) is 0 Å². The Morgan fingerprint density at radius 1 is 1.42 bits per heavy atom. The average Bonchev–Trinajstić information content (AvgIpc) is 3.06. The Kier molecular flexibility index (Phi) is 4.28. The Balaban J connectivity index is 1.66. The molecule has 1 saturated heterocycles. The molecular weight excluding hydrogens is 312 g/mol. The molecule has 1 unspecified atom stereocenters. The van der Waals surface area contributed by atoms with Gasteiger partial charge in [0.15, 0.2) is 5.78 Å². The van der Waals surface area contributed by atoms with Gasteiger partial charge in [-0.3, -0.25) is 14.4 Å². The molecule has 0 aromatic heterocycles. The van der Waals surface area contributed by atoms with Crippen molar-refractivity contribution in [3.63, 3.8) is 0 Å². The summed E-state index contributed by atoms with van der Waals surface area (Å²) in [5.74, 6) is -1.04. The number of phenols is 1. The Morgan fingerprint density at radius 3 is 2.96 bits per heavy atom. The van der Waals surface area contributed by atoms with E-state index in [4.69, 9.17) is 10.5 Å². The number of carbonyl (C=O) groups excluding carboxylic acids is 3. The minimum atomic E-state index is -0.876. The molecule has 0 radical (unpaired) electrons. The highest BCUT2D eigenvalue weighted by Crippen LogP contribution is 2.37. The first kappa shape index (κ1) is 16.4. The van der Waals surface area contributed by atoms with E-state index in [0.29, 0.717) is 18.4 Å². The molecule has 24 heavy (non-hydrogen) atoms. The van der Waals surface area contributed by atoms with Crippen molar-refractivity contribution in [2.24, 2.45) is 5.73 Å². The van der Waals surface area contributed by atoms with Crippen molar-refractivity contribution in [1.82, 2.24) is 5.32 Å². The smallest absolute Gasteiger partial charge is 0.249 e. The third-order valence-electron chi connectivity index (χ3n) is 4.84. The predicted octanol–water partition coefficient (Wildman–Crippen LogP) is 0.430. The maximum Gasteiger partial charge on any atom is 0.249 e. The van der Waals surface area contributed by atoms with Gasteiger partial charge < -0.3 is 20.9 Å². The standard InChI is InChI=1S/C17H20N2O5/c18-16(23)12-8-11(20)5-3-10(12)4-6-15(22)19-17-7-1-2-14(17)24-9-13(17)21/h3,5,8,14,20H,1-2,4,6-7,9H2,(H2,18,23)(H,19,22)/t14-,17?/m0/s1. The zero-order chi connectivity index (χ0) is 17.3. The molecule has 1 aromatic rings. The molecular formula is C17H20N2O5. The largest absolute Gasteiger partial charge is 0.508 e. The van der Waals surface area contributed by atoms with Crippen molar-refractivity contribution in [2.45, 2.75) is 43.7 Å².